The van der Waals surface area contributed by atoms with Crippen molar-refractivity contribution in [2.24, 2.45) is 16.3 Å². The molecule has 3 heteroatoms. The van der Waals surface area contributed by atoms with Gasteiger partial charge in [0.15, 0.2) is 5.96 Å². The Kier molecular flexibility index (Phi) is 3.99. The fraction of sp³-hybridized carbons (Fsp3) is 0.938. The summed E-state index contributed by atoms with van der Waals surface area (Å²) in [5.41, 5.74) is 0.633. The molecular formula is C16H29N3. The van der Waals surface area contributed by atoms with E-state index in [4.69, 9.17) is 4.99 Å². The summed E-state index contributed by atoms with van der Waals surface area (Å²) < 4.78 is 0. The van der Waals surface area contributed by atoms with Crippen molar-refractivity contribution in [2.45, 2.75) is 58.3 Å². The number of nitrogens with zero attached hydrogens (tertiary/aromatic N) is 2. The molecule has 0 atom stereocenters. The minimum Gasteiger partial charge on any atom is -0.357 e. The van der Waals surface area contributed by atoms with E-state index in [-0.39, 0.29) is 0 Å². The zero-order valence-corrected chi connectivity index (χ0v) is 12.5. The van der Waals surface area contributed by atoms with Gasteiger partial charge in [-0.05, 0) is 50.4 Å². The third-order valence-electron chi connectivity index (χ3n) is 5.18. The second-order valence-corrected chi connectivity index (χ2v) is 6.87. The van der Waals surface area contributed by atoms with Crippen molar-refractivity contribution in [2.75, 3.05) is 26.2 Å². The maximum Gasteiger partial charge on any atom is 0.193 e. The fourth-order valence-corrected chi connectivity index (χ4v) is 3.77. The second-order valence-electron chi connectivity index (χ2n) is 6.87. The Hall–Kier alpha value is -0.730. The van der Waals surface area contributed by atoms with Crippen LogP contribution in [0.2, 0.25) is 0 Å². The average molecular weight is 263 g/mol. The Morgan fingerprint density at radius 2 is 2.00 bits per heavy atom. The van der Waals surface area contributed by atoms with Crippen LogP contribution in [0.1, 0.15) is 58.3 Å². The monoisotopic (exact) mass is 263 g/mol. The molecule has 1 aliphatic heterocycles. The highest BCUT2D eigenvalue weighted by molar-refractivity contribution is 5.80. The first-order valence-corrected chi connectivity index (χ1v) is 8.35. The summed E-state index contributed by atoms with van der Waals surface area (Å²) in [6.45, 7) is 6.69. The summed E-state index contributed by atoms with van der Waals surface area (Å²) in [6.07, 6.45) is 11.4. The maximum atomic E-state index is 4.87. The number of hydrogen-bond acceptors (Lipinski definition) is 1. The molecule has 0 amide bonds. The number of likely N-dealkylation sites (tertiary alicyclic amines) is 1. The molecule has 0 radical (unpaired) electrons. The van der Waals surface area contributed by atoms with Crippen LogP contribution in [-0.4, -0.2) is 37.0 Å². The van der Waals surface area contributed by atoms with Gasteiger partial charge in [-0.1, -0.05) is 19.3 Å². The molecule has 3 fully saturated rings. The number of aliphatic imine (C=N–C) groups is 1. The number of nitrogens with one attached hydrogen (secondary N) is 1. The highest BCUT2D eigenvalue weighted by atomic mass is 15.3. The molecule has 1 spiro atoms. The van der Waals surface area contributed by atoms with Crippen molar-refractivity contribution in [3.05, 3.63) is 0 Å². The Balaban J connectivity index is 1.61. The second kappa shape index (κ2) is 5.72. The van der Waals surface area contributed by atoms with Crippen LogP contribution in [0, 0.1) is 11.3 Å². The van der Waals surface area contributed by atoms with Gasteiger partial charge in [0.05, 0.1) is 0 Å². The highest BCUT2D eigenvalue weighted by Crippen LogP contribution is 2.43. The smallest absolute Gasteiger partial charge is 0.193 e. The molecule has 2 saturated carbocycles. The molecule has 0 bridgehead atoms. The van der Waals surface area contributed by atoms with E-state index in [9.17, 15) is 0 Å². The molecule has 2 aliphatic carbocycles. The van der Waals surface area contributed by atoms with E-state index in [1.807, 2.05) is 0 Å². The molecule has 3 rings (SSSR count). The first-order chi connectivity index (χ1) is 9.31. The van der Waals surface area contributed by atoms with Crippen LogP contribution in [0.15, 0.2) is 4.99 Å². The molecule has 3 nitrogen and oxygen atoms in total. The van der Waals surface area contributed by atoms with Gasteiger partial charge in [0.2, 0.25) is 0 Å². The summed E-state index contributed by atoms with van der Waals surface area (Å²) >= 11 is 0. The molecule has 1 N–H and O–H groups in total. The zero-order valence-electron chi connectivity index (χ0n) is 12.5. The largest absolute Gasteiger partial charge is 0.357 e. The van der Waals surface area contributed by atoms with Crippen LogP contribution < -0.4 is 5.32 Å². The quantitative estimate of drug-likeness (QED) is 0.626. The minimum absolute atomic E-state index is 0.633. The molecule has 19 heavy (non-hydrogen) atoms. The van der Waals surface area contributed by atoms with Crippen molar-refractivity contribution in [1.82, 2.24) is 10.2 Å². The van der Waals surface area contributed by atoms with Gasteiger partial charge in [-0.2, -0.15) is 0 Å². The molecule has 0 aromatic rings. The molecule has 0 aromatic heterocycles. The van der Waals surface area contributed by atoms with E-state index in [1.54, 1.807) is 0 Å². The molecular weight excluding hydrogens is 234 g/mol. The lowest BCUT2D eigenvalue weighted by Crippen LogP contribution is -2.41. The SMILES string of the molecule is CCNC(=NCC1CC1)N1CCC2(CCCCC2)C1. The van der Waals surface area contributed by atoms with Gasteiger partial charge in [-0.3, -0.25) is 4.99 Å². The normalized spacial score (nSPS) is 27.0. The van der Waals surface area contributed by atoms with Gasteiger partial charge >= 0.3 is 0 Å². The molecule has 1 heterocycles. The van der Waals surface area contributed by atoms with Crippen LogP contribution in [0.3, 0.4) is 0 Å². The number of rotatable bonds is 3. The summed E-state index contributed by atoms with van der Waals surface area (Å²) in [7, 11) is 0. The van der Waals surface area contributed by atoms with Crippen LogP contribution in [0.5, 0.6) is 0 Å². The standard InChI is InChI=1S/C16H29N3/c1-2-17-15(18-12-14-6-7-14)19-11-10-16(13-19)8-4-3-5-9-16/h14H,2-13H2,1H3,(H,17,18). The minimum atomic E-state index is 0.633. The summed E-state index contributed by atoms with van der Waals surface area (Å²) in [5, 5.41) is 3.51. The van der Waals surface area contributed by atoms with Gasteiger partial charge in [0.25, 0.3) is 0 Å². The summed E-state index contributed by atoms with van der Waals surface area (Å²) in [6, 6.07) is 0. The van der Waals surface area contributed by atoms with Gasteiger partial charge in [0, 0.05) is 26.2 Å². The third-order valence-corrected chi connectivity index (χ3v) is 5.18. The Bertz CT molecular complexity index is 327. The van der Waals surface area contributed by atoms with Crippen molar-refractivity contribution in [3.8, 4) is 0 Å². The molecule has 0 unspecified atom stereocenters. The first kappa shape index (κ1) is 13.3. The molecule has 0 aromatic carbocycles. The van der Waals surface area contributed by atoms with Crippen molar-refractivity contribution >= 4 is 5.96 Å². The fourth-order valence-electron chi connectivity index (χ4n) is 3.77. The maximum absolute atomic E-state index is 4.87. The molecule has 1 saturated heterocycles. The topological polar surface area (TPSA) is 27.6 Å². The van der Waals surface area contributed by atoms with E-state index in [0.717, 1.165) is 19.0 Å². The van der Waals surface area contributed by atoms with Gasteiger partial charge in [0.1, 0.15) is 0 Å². The average Bonchev–Trinajstić information content (AvgIpc) is 3.18. The van der Waals surface area contributed by atoms with Gasteiger partial charge in [-0.15, -0.1) is 0 Å². The van der Waals surface area contributed by atoms with E-state index in [2.05, 4.69) is 17.1 Å². The lowest BCUT2D eigenvalue weighted by Gasteiger charge is -2.33. The lowest BCUT2D eigenvalue weighted by molar-refractivity contribution is 0.203. The van der Waals surface area contributed by atoms with Crippen LogP contribution >= 0.6 is 0 Å². The predicted octanol–water partition coefficient (Wildman–Crippen LogP) is 3.02. The van der Waals surface area contributed by atoms with E-state index in [1.165, 1.54) is 70.4 Å². The van der Waals surface area contributed by atoms with Crippen molar-refractivity contribution in [1.29, 1.82) is 0 Å². The molecule has 3 aliphatic rings. The lowest BCUT2D eigenvalue weighted by atomic mass is 9.73. The van der Waals surface area contributed by atoms with E-state index >= 15 is 0 Å². The summed E-state index contributed by atoms with van der Waals surface area (Å²) in [5.74, 6) is 2.08. The first-order valence-electron chi connectivity index (χ1n) is 8.35. The van der Waals surface area contributed by atoms with Crippen LogP contribution in [-0.2, 0) is 0 Å². The Morgan fingerprint density at radius 1 is 1.21 bits per heavy atom. The van der Waals surface area contributed by atoms with Gasteiger partial charge < -0.3 is 10.2 Å². The predicted molar refractivity (Wildman–Crippen MR) is 80.4 cm³/mol. The number of hydrogen-bond donors (Lipinski definition) is 1. The van der Waals surface area contributed by atoms with Crippen molar-refractivity contribution < 1.29 is 0 Å². The van der Waals surface area contributed by atoms with E-state index < -0.39 is 0 Å². The summed E-state index contributed by atoms with van der Waals surface area (Å²) in [4.78, 5) is 7.41. The zero-order chi connectivity index (χ0) is 13.1. The Labute approximate surface area is 117 Å². The third kappa shape index (κ3) is 3.24. The highest BCUT2D eigenvalue weighted by Gasteiger charge is 2.39. The Morgan fingerprint density at radius 3 is 2.68 bits per heavy atom. The number of guanidine groups is 1. The van der Waals surface area contributed by atoms with Crippen molar-refractivity contribution in [3.63, 3.8) is 0 Å². The van der Waals surface area contributed by atoms with Gasteiger partial charge in [-0.25, -0.2) is 0 Å². The van der Waals surface area contributed by atoms with E-state index in [0.29, 0.717) is 5.41 Å². The molecule has 108 valence electrons. The van der Waals surface area contributed by atoms with Crippen LogP contribution in [0.25, 0.3) is 0 Å². The van der Waals surface area contributed by atoms with Crippen LogP contribution in [0.4, 0.5) is 0 Å².